The lowest BCUT2D eigenvalue weighted by Gasteiger charge is -2.26. The first-order chi connectivity index (χ1) is 10.8. The van der Waals surface area contributed by atoms with Crippen molar-refractivity contribution in [1.29, 1.82) is 0 Å². The number of hydrogen-bond acceptors (Lipinski definition) is 2. The second kappa shape index (κ2) is 6.66. The van der Waals surface area contributed by atoms with Crippen LogP contribution < -0.4 is 0 Å². The van der Waals surface area contributed by atoms with Crippen molar-refractivity contribution in [2.75, 3.05) is 0 Å². The Morgan fingerprint density at radius 1 is 0.609 bits per heavy atom. The molecule has 0 unspecified atom stereocenters. The standard InChI is InChI=1S/C21H28O2/c1-12(2)16-19(15-10-8-7-9-11-15)17(13(3)4)21(23)18(14(5)6)20(16)22/h7-14,22-23H,1-6H3. The second-order valence-electron chi connectivity index (χ2n) is 7.14. The minimum atomic E-state index is 0.0647. The summed E-state index contributed by atoms with van der Waals surface area (Å²) in [5, 5.41) is 21.8. The van der Waals surface area contributed by atoms with E-state index < -0.39 is 0 Å². The first-order valence-electron chi connectivity index (χ1n) is 8.44. The maximum absolute atomic E-state index is 10.9. The number of aromatic hydroxyl groups is 2. The molecular formula is C21H28O2. The molecule has 0 aliphatic heterocycles. The van der Waals surface area contributed by atoms with Crippen molar-refractivity contribution >= 4 is 0 Å². The molecule has 0 saturated carbocycles. The van der Waals surface area contributed by atoms with Gasteiger partial charge < -0.3 is 10.2 Å². The zero-order chi connectivity index (χ0) is 17.3. The number of hydrogen-bond donors (Lipinski definition) is 2. The van der Waals surface area contributed by atoms with Crippen LogP contribution in [0, 0.1) is 0 Å². The SMILES string of the molecule is CC(C)c1c(O)c(C(C)C)c(-c2ccccc2)c(C(C)C)c1O. The van der Waals surface area contributed by atoms with E-state index in [4.69, 9.17) is 0 Å². The van der Waals surface area contributed by atoms with Crippen molar-refractivity contribution in [2.45, 2.75) is 59.3 Å². The van der Waals surface area contributed by atoms with Crippen LogP contribution in [-0.2, 0) is 0 Å². The van der Waals surface area contributed by atoms with Crippen molar-refractivity contribution in [1.82, 2.24) is 0 Å². The maximum atomic E-state index is 10.9. The lowest BCUT2D eigenvalue weighted by Crippen LogP contribution is -2.05. The third kappa shape index (κ3) is 3.08. The number of phenols is 2. The molecule has 124 valence electrons. The van der Waals surface area contributed by atoms with Crippen molar-refractivity contribution < 1.29 is 10.2 Å². The van der Waals surface area contributed by atoms with Gasteiger partial charge in [0.05, 0.1) is 0 Å². The summed E-state index contributed by atoms with van der Waals surface area (Å²) >= 11 is 0. The van der Waals surface area contributed by atoms with Gasteiger partial charge in [0.15, 0.2) is 0 Å². The lowest BCUT2D eigenvalue weighted by atomic mass is 9.80. The molecule has 0 fully saturated rings. The average Bonchev–Trinajstić information content (AvgIpc) is 2.46. The molecule has 2 nitrogen and oxygen atoms in total. The predicted octanol–water partition coefficient (Wildman–Crippen LogP) is 6.14. The van der Waals surface area contributed by atoms with Gasteiger partial charge in [-0.15, -0.1) is 0 Å². The molecule has 0 aliphatic carbocycles. The van der Waals surface area contributed by atoms with E-state index in [0.717, 1.165) is 22.3 Å². The number of benzene rings is 2. The van der Waals surface area contributed by atoms with Crippen molar-refractivity contribution in [2.24, 2.45) is 0 Å². The van der Waals surface area contributed by atoms with Crippen LogP contribution in [0.25, 0.3) is 11.1 Å². The molecule has 0 heterocycles. The fourth-order valence-corrected chi connectivity index (χ4v) is 3.37. The van der Waals surface area contributed by atoms with Gasteiger partial charge in [0.2, 0.25) is 0 Å². The number of phenolic OH excluding ortho intramolecular Hbond substituents is 2. The summed E-state index contributed by atoms with van der Waals surface area (Å²) in [7, 11) is 0. The van der Waals surface area contributed by atoms with Crippen LogP contribution in [0.2, 0.25) is 0 Å². The summed E-state index contributed by atoms with van der Waals surface area (Å²) in [6, 6.07) is 10.1. The summed E-state index contributed by atoms with van der Waals surface area (Å²) in [6.45, 7) is 12.4. The molecule has 0 amide bonds. The molecule has 2 aromatic rings. The van der Waals surface area contributed by atoms with Crippen LogP contribution in [0.3, 0.4) is 0 Å². The Morgan fingerprint density at radius 3 is 1.35 bits per heavy atom. The highest BCUT2D eigenvalue weighted by molar-refractivity contribution is 5.79. The second-order valence-corrected chi connectivity index (χ2v) is 7.14. The Balaban J connectivity index is 2.99. The highest BCUT2D eigenvalue weighted by Crippen LogP contribution is 2.50. The number of rotatable bonds is 4. The third-order valence-electron chi connectivity index (χ3n) is 4.35. The molecule has 2 heteroatoms. The van der Waals surface area contributed by atoms with Gasteiger partial charge in [-0.1, -0.05) is 71.9 Å². The van der Waals surface area contributed by atoms with Gasteiger partial charge in [0, 0.05) is 16.7 Å². The third-order valence-corrected chi connectivity index (χ3v) is 4.35. The highest BCUT2D eigenvalue weighted by atomic mass is 16.3. The van der Waals surface area contributed by atoms with Gasteiger partial charge in [-0.25, -0.2) is 0 Å². The normalized spacial score (nSPS) is 11.7. The van der Waals surface area contributed by atoms with Crippen LogP contribution in [0.15, 0.2) is 30.3 Å². The molecule has 0 atom stereocenters. The molecule has 0 radical (unpaired) electrons. The van der Waals surface area contributed by atoms with Gasteiger partial charge in [-0.2, -0.15) is 0 Å². The zero-order valence-electron chi connectivity index (χ0n) is 15.0. The summed E-state index contributed by atoms with van der Waals surface area (Å²) in [5.41, 5.74) is 4.55. The van der Waals surface area contributed by atoms with Gasteiger partial charge in [0.1, 0.15) is 11.5 Å². The first kappa shape index (κ1) is 17.4. The van der Waals surface area contributed by atoms with Crippen LogP contribution in [0.5, 0.6) is 11.5 Å². The van der Waals surface area contributed by atoms with E-state index in [1.807, 2.05) is 44.2 Å². The fraction of sp³-hybridized carbons (Fsp3) is 0.429. The molecule has 0 saturated heterocycles. The van der Waals surface area contributed by atoms with E-state index in [1.54, 1.807) is 0 Å². The fourth-order valence-electron chi connectivity index (χ4n) is 3.37. The van der Waals surface area contributed by atoms with E-state index >= 15 is 0 Å². The summed E-state index contributed by atoms with van der Waals surface area (Å²) in [4.78, 5) is 0. The summed E-state index contributed by atoms with van der Waals surface area (Å²) < 4.78 is 0. The molecule has 2 rings (SSSR count). The van der Waals surface area contributed by atoms with E-state index in [1.165, 1.54) is 0 Å². The van der Waals surface area contributed by atoms with E-state index in [2.05, 4.69) is 27.7 Å². The Labute approximate surface area is 139 Å². The predicted molar refractivity (Wildman–Crippen MR) is 97.5 cm³/mol. The highest BCUT2D eigenvalue weighted by Gasteiger charge is 2.28. The zero-order valence-corrected chi connectivity index (χ0v) is 15.0. The maximum Gasteiger partial charge on any atom is 0.126 e. The molecule has 0 bridgehead atoms. The monoisotopic (exact) mass is 312 g/mol. The van der Waals surface area contributed by atoms with E-state index in [-0.39, 0.29) is 29.3 Å². The molecule has 0 aliphatic rings. The van der Waals surface area contributed by atoms with Gasteiger partial charge in [0.25, 0.3) is 0 Å². The minimum Gasteiger partial charge on any atom is -0.507 e. The molecule has 2 aromatic carbocycles. The molecule has 0 aromatic heterocycles. The van der Waals surface area contributed by atoms with E-state index in [0.29, 0.717) is 5.56 Å². The van der Waals surface area contributed by atoms with Crippen molar-refractivity contribution in [3.8, 4) is 22.6 Å². The first-order valence-corrected chi connectivity index (χ1v) is 8.44. The van der Waals surface area contributed by atoms with Crippen LogP contribution in [-0.4, -0.2) is 10.2 Å². The smallest absolute Gasteiger partial charge is 0.126 e. The Morgan fingerprint density at radius 2 is 1.00 bits per heavy atom. The van der Waals surface area contributed by atoms with Crippen LogP contribution in [0.4, 0.5) is 0 Å². The van der Waals surface area contributed by atoms with Crippen molar-refractivity contribution in [3.63, 3.8) is 0 Å². The summed E-state index contributed by atoms with van der Waals surface area (Å²) in [5.74, 6) is 0.892. The molecule has 0 spiro atoms. The molecule has 2 N–H and O–H groups in total. The Bertz CT molecular complexity index is 648. The quantitative estimate of drug-likeness (QED) is 0.712. The summed E-state index contributed by atoms with van der Waals surface area (Å²) in [6.07, 6.45) is 0. The molecular weight excluding hydrogens is 284 g/mol. The Kier molecular flexibility index (Phi) is 5.03. The van der Waals surface area contributed by atoms with Gasteiger partial charge in [-0.05, 0) is 28.9 Å². The Hall–Kier alpha value is -1.96. The lowest BCUT2D eigenvalue weighted by molar-refractivity contribution is 0.422. The average molecular weight is 312 g/mol. The topological polar surface area (TPSA) is 40.5 Å². The van der Waals surface area contributed by atoms with Gasteiger partial charge in [-0.3, -0.25) is 0 Å². The van der Waals surface area contributed by atoms with Crippen molar-refractivity contribution in [3.05, 3.63) is 47.0 Å². The van der Waals surface area contributed by atoms with Gasteiger partial charge >= 0.3 is 0 Å². The molecule has 23 heavy (non-hydrogen) atoms. The largest absolute Gasteiger partial charge is 0.507 e. The minimum absolute atomic E-state index is 0.0647. The van der Waals surface area contributed by atoms with Crippen LogP contribution >= 0.6 is 0 Å². The van der Waals surface area contributed by atoms with E-state index in [9.17, 15) is 10.2 Å². The van der Waals surface area contributed by atoms with Crippen LogP contribution in [0.1, 0.15) is 76.0 Å².